The number of carbonyl (C=O) groups excluding carboxylic acids is 2. The van der Waals surface area contributed by atoms with E-state index in [1.54, 1.807) is 43.4 Å². The molecule has 53 heavy (non-hydrogen) atoms. The smallest absolute Gasteiger partial charge is 0.251 e. The van der Waals surface area contributed by atoms with Gasteiger partial charge < -0.3 is 30.5 Å². The van der Waals surface area contributed by atoms with Crippen LogP contribution in [0.5, 0.6) is 0 Å². The van der Waals surface area contributed by atoms with Gasteiger partial charge in [0.05, 0.1) is 25.9 Å². The third-order valence-corrected chi connectivity index (χ3v) is 12.0. The third kappa shape index (κ3) is 8.89. The quantitative estimate of drug-likeness (QED) is 0.117. The zero-order chi connectivity index (χ0) is 39.2. The summed E-state index contributed by atoms with van der Waals surface area (Å²) >= 11 is 0. The first kappa shape index (κ1) is 41.8. The number of ether oxygens (including phenoxy) is 1. The average molecular weight is 731 g/mol. The van der Waals surface area contributed by atoms with Gasteiger partial charge in [-0.1, -0.05) is 77.8 Å². The lowest BCUT2D eigenvalue weighted by Gasteiger charge is -2.62. The molecule has 1 aromatic rings. The summed E-state index contributed by atoms with van der Waals surface area (Å²) in [6, 6.07) is 4.55. The van der Waals surface area contributed by atoms with Crippen LogP contribution < -0.4 is 15.5 Å². The summed E-state index contributed by atoms with van der Waals surface area (Å²) in [7, 11) is 5.38. The van der Waals surface area contributed by atoms with Crippen molar-refractivity contribution in [2.75, 3.05) is 39.3 Å². The predicted octanol–water partition coefficient (Wildman–Crippen LogP) is 5.82. The molecule has 4 fully saturated rings. The van der Waals surface area contributed by atoms with Crippen LogP contribution in [0, 0.1) is 29.1 Å². The molecule has 4 N–H and O–H groups in total. The SMILES string of the molecule is C=C/C=C(\C(=C\CN1O[C@@H](CO)[C@@H]([C@H](C)O)[C@H]1C(=O)N[C@H]1C[C@H]2C[C@@H]([C@@H]1C)C2(C)C)OC)c1cc(C(=O)N[C@H](CC)/C(C=C)=C/C=C)cc(N(C)C)c1. The van der Waals surface area contributed by atoms with E-state index in [2.05, 4.69) is 51.1 Å². The Morgan fingerprint density at radius 3 is 2.34 bits per heavy atom. The highest BCUT2D eigenvalue weighted by Crippen LogP contribution is 2.61. The summed E-state index contributed by atoms with van der Waals surface area (Å²) < 4.78 is 5.95. The molecular formula is C43H62N4O6. The van der Waals surface area contributed by atoms with E-state index >= 15 is 0 Å². The molecule has 1 heterocycles. The molecule has 0 radical (unpaired) electrons. The molecular weight excluding hydrogens is 668 g/mol. The van der Waals surface area contributed by atoms with Crippen molar-refractivity contribution in [3.05, 3.63) is 96.9 Å². The number of amides is 2. The summed E-state index contributed by atoms with van der Waals surface area (Å²) in [4.78, 5) is 36.0. The van der Waals surface area contributed by atoms with E-state index < -0.39 is 24.2 Å². The van der Waals surface area contributed by atoms with Crippen LogP contribution in [0.15, 0.2) is 85.7 Å². The number of rotatable bonds is 17. The summed E-state index contributed by atoms with van der Waals surface area (Å²) in [5.74, 6) is 0.783. The Morgan fingerprint density at radius 1 is 1.13 bits per heavy atom. The van der Waals surface area contributed by atoms with Crippen LogP contribution >= 0.6 is 0 Å². The summed E-state index contributed by atoms with van der Waals surface area (Å²) in [6.45, 7) is 21.9. The predicted molar refractivity (Wildman–Crippen MR) is 213 cm³/mol. The van der Waals surface area contributed by atoms with Gasteiger partial charge in [-0.15, -0.1) is 0 Å². The summed E-state index contributed by atoms with van der Waals surface area (Å²) in [6.07, 6.45) is 11.6. The monoisotopic (exact) mass is 730 g/mol. The number of fused-ring (bicyclic) bond motifs is 2. The van der Waals surface area contributed by atoms with Gasteiger partial charge in [-0.3, -0.25) is 14.4 Å². The first-order valence-corrected chi connectivity index (χ1v) is 18.9. The minimum Gasteiger partial charge on any atom is -0.496 e. The van der Waals surface area contributed by atoms with Gasteiger partial charge in [0, 0.05) is 49.4 Å². The summed E-state index contributed by atoms with van der Waals surface area (Å²) in [5, 5.41) is 29.1. The number of nitrogens with zero attached hydrogens (tertiary/aromatic N) is 2. The Balaban J connectivity index is 1.65. The van der Waals surface area contributed by atoms with E-state index in [1.807, 2.05) is 56.3 Å². The van der Waals surface area contributed by atoms with Crippen molar-refractivity contribution in [1.82, 2.24) is 15.7 Å². The Kier molecular flexibility index (Phi) is 14.1. The molecule has 0 unspecified atom stereocenters. The van der Waals surface area contributed by atoms with Crippen LogP contribution in [0.2, 0.25) is 0 Å². The largest absolute Gasteiger partial charge is 0.496 e. The fraction of sp³-hybridized carbons (Fsp3) is 0.535. The van der Waals surface area contributed by atoms with Gasteiger partial charge in [0.2, 0.25) is 5.91 Å². The maximum atomic E-state index is 14.1. The molecule has 290 valence electrons. The zero-order valence-electron chi connectivity index (χ0n) is 33.0. The van der Waals surface area contributed by atoms with Gasteiger partial charge in [-0.2, -0.15) is 5.06 Å². The fourth-order valence-electron chi connectivity index (χ4n) is 8.70. The molecule has 2 amide bonds. The molecule has 1 saturated heterocycles. The van der Waals surface area contributed by atoms with Crippen LogP contribution in [-0.4, -0.2) is 91.8 Å². The molecule has 9 atom stereocenters. The molecule has 4 aliphatic rings. The topological polar surface area (TPSA) is 124 Å². The zero-order valence-corrected chi connectivity index (χ0v) is 33.0. The van der Waals surface area contributed by atoms with Crippen LogP contribution in [0.25, 0.3) is 5.57 Å². The molecule has 10 nitrogen and oxygen atoms in total. The number of allylic oxidation sites excluding steroid dienone is 5. The number of methoxy groups -OCH3 is 1. The highest BCUT2D eigenvalue weighted by molar-refractivity contribution is 5.97. The minimum absolute atomic E-state index is 0.0282. The maximum Gasteiger partial charge on any atom is 0.251 e. The molecule has 0 aromatic heterocycles. The lowest BCUT2D eigenvalue weighted by atomic mass is 9.45. The van der Waals surface area contributed by atoms with Gasteiger partial charge >= 0.3 is 0 Å². The summed E-state index contributed by atoms with van der Waals surface area (Å²) in [5.41, 5.74) is 3.78. The number of hydroxylamine groups is 2. The van der Waals surface area contributed by atoms with Crippen molar-refractivity contribution in [1.29, 1.82) is 0 Å². The average Bonchev–Trinajstić information content (AvgIpc) is 3.52. The van der Waals surface area contributed by atoms with Crippen LogP contribution in [0.4, 0.5) is 5.69 Å². The second kappa shape index (κ2) is 17.9. The number of hydrogen-bond donors (Lipinski definition) is 4. The van der Waals surface area contributed by atoms with Gasteiger partial charge in [0.1, 0.15) is 17.9 Å². The van der Waals surface area contributed by atoms with Gasteiger partial charge in [-0.05, 0) is 84.8 Å². The molecule has 10 heteroatoms. The number of aliphatic hydroxyl groups excluding tert-OH is 2. The number of benzene rings is 1. The van der Waals surface area contributed by atoms with Crippen LogP contribution in [0.3, 0.4) is 0 Å². The second-order valence-electron chi connectivity index (χ2n) is 15.6. The molecule has 1 aromatic carbocycles. The maximum absolute atomic E-state index is 14.1. The third-order valence-electron chi connectivity index (χ3n) is 12.0. The van der Waals surface area contributed by atoms with Crippen molar-refractivity contribution >= 4 is 23.1 Å². The van der Waals surface area contributed by atoms with Crippen molar-refractivity contribution in [3.8, 4) is 0 Å². The Hall–Kier alpha value is -3.96. The molecule has 2 bridgehead atoms. The van der Waals surface area contributed by atoms with E-state index in [0.717, 1.165) is 17.7 Å². The second-order valence-corrected chi connectivity index (χ2v) is 15.6. The van der Waals surface area contributed by atoms with Crippen molar-refractivity contribution in [2.45, 2.75) is 84.2 Å². The molecule has 3 aliphatic carbocycles. The Morgan fingerprint density at radius 2 is 1.81 bits per heavy atom. The van der Waals surface area contributed by atoms with E-state index in [4.69, 9.17) is 9.57 Å². The molecule has 0 spiro atoms. The van der Waals surface area contributed by atoms with Crippen molar-refractivity contribution in [3.63, 3.8) is 0 Å². The minimum atomic E-state index is -0.911. The first-order chi connectivity index (χ1) is 25.2. The first-order valence-electron chi connectivity index (χ1n) is 18.9. The van der Waals surface area contributed by atoms with Gasteiger partial charge in [0.25, 0.3) is 5.91 Å². The van der Waals surface area contributed by atoms with E-state index in [-0.39, 0.29) is 42.5 Å². The van der Waals surface area contributed by atoms with Crippen molar-refractivity contribution < 1.29 is 29.4 Å². The van der Waals surface area contributed by atoms with Gasteiger partial charge in [0.15, 0.2) is 0 Å². The number of aliphatic hydroxyl groups is 2. The number of nitrogens with one attached hydrogen (secondary N) is 2. The van der Waals surface area contributed by atoms with Crippen molar-refractivity contribution in [2.24, 2.45) is 29.1 Å². The molecule has 1 aliphatic heterocycles. The van der Waals surface area contributed by atoms with E-state index in [0.29, 0.717) is 46.6 Å². The lowest BCUT2D eigenvalue weighted by Crippen LogP contribution is -2.62. The lowest BCUT2D eigenvalue weighted by molar-refractivity contribution is -0.172. The van der Waals surface area contributed by atoms with Crippen LogP contribution in [0.1, 0.15) is 69.8 Å². The molecule has 5 rings (SSSR count). The normalized spacial score (nSPS) is 28.3. The Labute approximate surface area is 316 Å². The van der Waals surface area contributed by atoms with Crippen LogP contribution in [-0.2, 0) is 14.4 Å². The molecule has 3 saturated carbocycles. The van der Waals surface area contributed by atoms with E-state index in [1.165, 1.54) is 6.42 Å². The number of hydrogen-bond acceptors (Lipinski definition) is 8. The van der Waals surface area contributed by atoms with Gasteiger partial charge in [-0.25, -0.2) is 0 Å². The fourth-order valence-corrected chi connectivity index (χ4v) is 8.70. The number of carbonyl (C=O) groups is 2. The standard InChI is InChI=1S/C43H62N4O6/c1-12-16-28(14-3)35(15-4)44-41(50)30-20-29(21-32(22-30)46(9)10)33(17-13-2)37(52-11)18-19-47-40(39(27(6)49)38(25-48)53-47)42(51)45-36-24-31-23-34(26(36)5)43(31,7)8/h12-14,16-18,20-22,26-27,31,34-36,38-40,48-49H,1-3,15,19,23-25H2,4-11H3,(H,44,50)(H,45,51)/b28-16+,33-17-,37-18-/t26-,27-,31+,34-,35+,36-,38-,39+,40-/m0/s1. The number of anilines is 1. The highest BCUT2D eigenvalue weighted by Gasteiger charge is 2.57. The Bertz CT molecular complexity index is 1610. The van der Waals surface area contributed by atoms with E-state index in [9.17, 15) is 19.8 Å². The highest BCUT2D eigenvalue weighted by atomic mass is 16.7.